The molecule has 17 heteroatoms. The van der Waals surface area contributed by atoms with Crippen LogP contribution in [0.2, 0.25) is 36.3 Å². The van der Waals surface area contributed by atoms with Gasteiger partial charge in [-0.3, -0.25) is 19.0 Å². The molecule has 1 spiro atoms. The van der Waals surface area contributed by atoms with E-state index in [4.69, 9.17) is 23.5 Å². The first-order valence-corrected chi connectivity index (χ1v) is 23.4. The molecule has 2 aliphatic heterocycles. The Morgan fingerprint density at radius 3 is 2.06 bits per heavy atom. The van der Waals surface area contributed by atoms with Crippen molar-refractivity contribution in [2.24, 2.45) is 5.73 Å². The molecule has 1 aromatic heterocycles. The molecule has 2 aliphatic rings. The SMILES string of the molecule is Cc1cn([C@@H]2O[C@H](CO[Si](C)(C)C(C)(C)C)[C@@]3(OS(=O)(=O)C=C3N)[C@H]2O[Si](C)(C)C(C)(C)C)c(=O)n(C(=O)CCCC(=O)N(C)C)c1=O. The number of ether oxygens (including phenoxy) is 1. The van der Waals surface area contributed by atoms with Gasteiger partial charge in [0, 0.05) is 38.7 Å². The summed E-state index contributed by atoms with van der Waals surface area (Å²) in [6, 6.07) is 0. The number of nitrogens with zero attached hydrogens (tertiary/aromatic N) is 3. The van der Waals surface area contributed by atoms with Crippen molar-refractivity contribution in [3.8, 4) is 0 Å². The van der Waals surface area contributed by atoms with Crippen LogP contribution >= 0.6 is 0 Å². The largest absolute Gasteiger partial charge is 0.414 e. The normalized spacial score (nSPS) is 24.6. The van der Waals surface area contributed by atoms with E-state index in [9.17, 15) is 27.6 Å². The Kier molecular flexibility index (Phi) is 11.1. The fourth-order valence-corrected chi connectivity index (χ4v) is 8.55. The van der Waals surface area contributed by atoms with Gasteiger partial charge in [-0.05, 0) is 49.6 Å². The fourth-order valence-electron chi connectivity index (χ4n) is 5.04. The standard InChI is InChI=1S/C31H54N4O10SSi2/c1-20-17-34(28(39)35(26(20)38)24(37)16-14-15-23(36)33(8)9)27-25(44-48(12,13)30(5,6)7)31(21(32)19-46(40,41)45-31)22(43-27)18-42-47(10,11)29(2,3)4/h17,19,22,25,27H,14-16,18,32H2,1-13H3/t22-,25+,27-,31-/m1/s1. The van der Waals surface area contributed by atoms with Crippen LogP contribution in [0.25, 0.3) is 0 Å². The molecule has 1 saturated heterocycles. The van der Waals surface area contributed by atoms with Gasteiger partial charge in [0.1, 0.15) is 12.2 Å². The highest BCUT2D eigenvalue weighted by Crippen LogP contribution is 2.52. The smallest absolute Gasteiger partial charge is 0.340 e. The second kappa shape index (κ2) is 13.4. The van der Waals surface area contributed by atoms with E-state index < -0.39 is 67.9 Å². The van der Waals surface area contributed by atoms with Crippen molar-refractivity contribution in [3.63, 3.8) is 0 Å². The number of hydrogen-bond donors (Lipinski definition) is 1. The van der Waals surface area contributed by atoms with Crippen LogP contribution in [0, 0.1) is 6.92 Å². The molecule has 0 radical (unpaired) electrons. The van der Waals surface area contributed by atoms with Crippen molar-refractivity contribution < 1.29 is 35.8 Å². The highest BCUT2D eigenvalue weighted by molar-refractivity contribution is 7.90. The zero-order chi connectivity index (χ0) is 37.0. The lowest BCUT2D eigenvalue weighted by molar-refractivity contribution is -0.128. The van der Waals surface area contributed by atoms with Gasteiger partial charge in [-0.15, -0.1) is 0 Å². The van der Waals surface area contributed by atoms with Crippen LogP contribution in [0.3, 0.4) is 0 Å². The van der Waals surface area contributed by atoms with Crippen molar-refractivity contribution in [1.82, 2.24) is 14.0 Å². The molecule has 1 amide bonds. The molecule has 0 saturated carbocycles. The van der Waals surface area contributed by atoms with E-state index >= 15 is 0 Å². The number of amides is 1. The number of rotatable bonds is 10. The number of aryl methyl sites for hydroxylation is 1. The number of aromatic nitrogens is 2. The zero-order valence-corrected chi connectivity index (χ0v) is 33.4. The minimum atomic E-state index is -4.31. The third kappa shape index (κ3) is 7.66. The van der Waals surface area contributed by atoms with E-state index in [1.807, 2.05) is 47.0 Å². The Morgan fingerprint density at radius 1 is 1.02 bits per heavy atom. The van der Waals surface area contributed by atoms with Crippen LogP contribution in [0.1, 0.15) is 77.4 Å². The first-order valence-electron chi connectivity index (χ1n) is 16.1. The maximum Gasteiger partial charge on any atom is 0.340 e. The molecule has 14 nitrogen and oxygen atoms in total. The lowest BCUT2D eigenvalue weighted by Gasteiger charge is -2.43. The molecule has 0 aliphatic carbocycles. The molecule has 0 bridgehead atoms. The third-order valence-electron chi connectivity index (χ3n) is 10.2. The Labute approximate surface area is 285 Å². The molecule has 2 N–H and O–H groups in total. The van der Waals surface area contributed by atoms with Crippen molar-refractivity contribution in [2.75, 3.05) is 20.7 Å². The van der Waals surface area contributed by atoms with Crippen LogP contribution in [0.15, 0.2) is 26.9 Å². The van der Waals surface area contributed by atoms with Crippen molar-refractivity contribution >= 4 is 38.6 Å². The Balaban J connectivity index is 2.24. The maximum atomic E-state index is 14.1. The van der Waals surface area contributed by atoms with Gasteiger partial charge in [-0.2, -0.15) is 13.0 Å². The molecule has 1 aromatic rings. The summed E-state index contributed by atoms with van der Waals surface area (Å²) in [6.07, 6.45) is -2.65. The molecular formula is C31H54N4O10SSi2. The van der Waals surface area contributed by atoms with Gasteiger partial charge in [0.05, 0.1) is 17.7 Å². The first kappa shape index (κ1) is 40.0. The molecule has 48 heavy (non-hydrogen) atoms. The summed E-state index contributed by atoms with van der Waals surface area (Å²) in [5.74, 6) is -0.990. The predicted molar refractivity (Wildman–Crippen MR) is 187 cm³/mol. The van der Waals surface area contributed by atoms with Gasteiger partial charge in [-0.1, -0.05) is 41.5 Å². The number of carbonyl (C=O) groups is 2. The van der Waals surface area contributed by atoms with Crippen LogP contribution in [-0.4, -0.2) is 89.4 Å². The van der Waals surface area contributed by atoms with Crippen LogP contribution in [0.4, 0.5) is 0 Å². The van der Waals surface area contributed by atoms with Crippen LogP contribution < -0.4 is 17.0 Å². The average molecular weight is 731 g/mol. The lowest BCUT2D eigenvalue weighted by Crippen LogP contribution is -2.59. The number of hydrogen-bond acceptors (Lipinski definition) is 11. The van der Waals surface area contributed by atoms with Crippen molar-refractivity contribution in [2.45, 2.75) is 128 Å². The fraction of sp³-hybridized carbons (Fsp3) is 0.742. The highest BCUT2D eigenvalue weighted by atomic mass is 32.2. The Bertz CT molecular complexity index is 1690. The second-order valence-corrected chi connectivity index (χ2v) is 27.0. The highest BCUT2D eigenvalue weighted by Gasteiger charge is 2.67. The van der Waals surface area contributed by atoms with Gasteiger partial charge in [0.2, 0.25) is 11.8 Å². The second-order valence-electron chi connectivity index (χ2n) is 16.0. The molecule has 3 rings (SSSR count). The predicted octanol–water partition coefficient (Wildman–Crippen LogP) is 3.43. The topological polar surface area (TPSA) is 178 Å². The summed E-state index contributed by atoms with van der Waals surface area (Å²) >= 11 is 0. The summed E-state index contributed by atoms with van der Waals surface area (Å²) < 4.78 is 53.5. The van der Waals surface area contributed by atoms with E-state index in [1.54, 1.807) is 14.1 Å². The zero-order valence-electron chi connectivity index (χ0n) is 30.6. The quantitative estimate of drug-likeness (QED) is 0.276. The minimum absolute atomic E-state index is 0.0531. The molecule has 1 fully saturated rings. The van der Waals surface area contributed by atoms with Gasteiger partial charge in [0.25, 0.3) is 15.7 Å². The molecule has 0 unspecified atom stereocenters. The van der Waals surface area contributed by atoms with Crippen molar-refractivity contribution in [3.05, 3.63) is 43.7 Å². The summed E-state index contributed by atoms with van der Waals surface area (Å²) in [6.45, 7) is 21.4. The molecule has 4 atom stereocenters. The van der Waals surface area contributed by atoms with Gasteiger partial charge >= 0.3 is 5.69 Å². The summed E-state index contributed by atoms with van der Waals surface area (Å²) in [4.78, 5) is 54.2. The van der Waals surface area contributed by atoms with Crippen molar-refractivity contribution in [1.29, 1.82) is 0 Å². The number of nitrogens with two attached hydrogens (primary N) is 1. The van der Waals surface area contributed by atoms with E-state index in [0.29, 0.717) is 4.57 Å². The maximum absolute atomic E-state index is 14.1. The minimum Gasteiger partial charge on any atom is -0.414 e. The molecular weight excluding hydrogens is 677 g/mol. The van der Waals surface area contributed by atoms with E-state index in [1.165, 1.54) is 18.0 Å². The summed E-state index contributed by atoms with van der Waals surface area (Å²) in [7, 11) is -6.36. The van der Waals surface area contributed by atoms with Gasteiger partial charge in [-0.25, -0.2) is 8.98 Å². The van der Waals surface area contributed by atoms with E-state index in [0.717, 1.165) is 9.98 Å². The average Bonchev–Trinajstić information content (AvgIpc) is 3.34. The van der Waals surface area contributed by atoms with Gasteiger partial charge < -0.3 is 24.2 Å². The van der Waals surface area contributed by atoms with Crippen LogP contribution in [-0.2, 0) is 32.7 Å². The molecule has 272 valence electrons. The molecule has 3 heterocycles. The number of carbonyl (C=O) groups excluding carboxylic acids is 2. The first-order chi connectivity index (χ1) is 21.6. The summed E-state index contributed by atoms with van der Waals surface area (Å²) in [5.41, 5.74) is 2.68. The lowest BCUT2D eigenvalue weighted by atomic mass is 9.89. The summed E-state index contributed by atoms with van der Waals surface area (Å²) in [5, 5.41) is 0.234. The van der Waals surface area contributed by atoms with E-state index in [2.05, 4.69) is 20.8 Å². The Morgan fingerprint density at radius 2 is 1.58 bits per heavy atom. The van der Waals surface area contributed by atoms with E-state index in [-0.39, 0.29) is 53.1 Å². The van der Waals surface area contributed by atoms with Crippen LogP contribution in [0.5, 0.6) is 0 Å². The van der Waals surface area contributed by atoms with Gasteiger partial charge in [0.15, 0.2) is 28.5 Å². The monoisotopic (exact) mass is 730 g/mol. The molecule has 0 aromatic carbocycles. The third-order valence-corrected chi connectivity index (χ3v) is 20.2. The Hall–Kier alpha value is -2.42.